The van der Waals surface area contributed by atoms with E-state index in [1.807, 2.05) is 0 Å². The zero-order valence-electron chi connectivity index (χ0n) is 11.9. The Morgan fingerprint density at radius 2 is 2.00 bits per heavy atom. The highest BCUT2D eigenvalue weighted by molar-refractivity contribution is 5.81. The van der Waals surface area contributed by atoms with Crippen LogP contribution in [0.3, 0.4) is 0 Å². The lowest BCUT2D eigenvalue weighted by molar-refractivity contribution is -0.134. The smallest absolute Gasteiger partial charge is 0.407 e. The first-order valence-corrected chi connectivity index (χ1v) is 6.15. The molecule has 6 heteroatoms. The number of amides is 1. The third kappa shape index (κ3) is 11.3. The monoisotopic (exact) mass is 273 g/mol. The van der Waals surface area contributed by atoms with E-state index in [9.17, 15) is 14.7 Å². The number of alkyl carbamates (subject to hydrolysis) is 1. The molecule has 0 heterocycles. The Labute approximate surface area is 113 Å². The highest BCUT2D eigenvalue weighted by Crippen LogP contribution is 2.06. The molecule has 0 spiro atoms. The number of hydrogen-bond acceptors (Lipinski definition) is 5. The second-order valence-corrected chi connectivity index (χ2v) is 5.02. The minimum absolute atomic E-state index is 0.401. The van der Waals surface area contributed by atoms with E-state index in [1.165, 1.54) is 19.3 Å². The van der Waals surface area contributed by atoms with Crippen LogP contribution in [-0.4, -0.2) is 42.5 Å². The molecule has 0 aromatic carbocycles. The zero-order chi connectivity index (χ0) is 14.9. The number of nitrogens with one attached hydrogen (secondary N) is 1. The number of methoxy groups -OCH3 is 1. The fraction of sp³-hybridized carbons (Fsp3) is 0.692. The fourth-order valence-electron chi connectivity index (χ4n) is 1.17. The Morgan fingerprint density at radius 1 is 1.37 bits per heavy atom. The van der Waals surface area contributed by atoms with Crippen LogP contribution < -0.4 is 5.32 Å². The highest BCUT2D eigenvalue weighted by Gasteiger charge is 2.15. The van der Waals surface area contributed by atoms with Gasteiger partial charge in [0, 0.05) is 12.6 Å². The Bertz CT molecular complexity index is 319. The summed E-state index contributed by atoms with van der Waals surface area (Å²) in [4.78, 5) is 22.1. The van der Waals surface area contributed by atoms with Gasteiger partial charge in [0.15, 0.2) is 0 Å². The molecule has 1 amide bonds. The molecule has 0 unspecified atom stereocenters. The molecule has 2 N–H and O–H groups in total. The van der Waals surface area contributed by atoms with Gasteiger partial charge in [0.25, 0.3) is 0 Å². The Morgan fingerprint density at radius 3 is 2.53 bits per heavy atom. The summed E-state index contributed by atoms with van der Waals surface area (Å²) in [6.45, 7) is 5.76. The van der Waals surface area contributed by atoms with E-state index in [0.717, 1.165) is 0 Å². The summed E-state index contributed by atoms with van der Waals surface area (Å²) in [5.41, 5.74) is -0.521. The maximum atomic E-state index is 11.3. The van der Waals surface area contributed by atoms with Crippen LogP contribution in [0.25, 0.3) is 0 Å². The second kappa shape index (κ2) is 8.53. The van der Waals surface area contributed by atoms with Crippen molar-refractivity contribution in [2.75, 3.05) is 13.7 Å². The minimum Gasteiger partial charge on any atom is -0.466 e. The van der Waals surface area contributed by atoms with E-state index in [1.54, 1.807) is 20.8 Å². The van der Waals surface area contributed by atoms with Gasteiger partial charge in [0.05, 0.1) is 13.2 Å². The molecule has 0 rings (SSSR count). The van der Waals surface area contributed by atoms with Gasteiger partial charge in [-0.2, -0.15) is 0 Å². The lowest BCUT2D eigenvalue weighted by atomic mass is 10.2. The number of carbonyl (C=O) groups excluding carboxylic acids is 2. The Kier molecular flexibility index (Phi) is 7.83. The van der Waals surface area contributed by atoms with Crippen LogP contribution in [0.5, 0.6) is 0 Å². The van der Waals surface area contributed by atoms with Gasteiger partial charge in [-0.3, -0.25) is 0 Å². The van der Waals surface area contributed by atoms with E-state index in [-0.39, 0.29) is 0 Å². The molecule has 0 aromatic heterocycles. The van der Waals surface area contributed by atoms with Crippen molar-refractivity contribution in [2.45, 2.75) is 45.3 Å². The van der Waals surface area contributed by atoms with Crippen molar-refractivity contribution in [1.29, 1.82) is 0 Å². The lowest BCUT2D eigenvalue weighted by Gasteiger charge is -2.19. The van der Waals surface area contributed by atoms with Gasteiger partial charge >= 0.3 is 12.1 Å². The van der Waals surface area contributed by atoms with Crippen molar-refractivity contribution >= 4 is 12.1 Å². The first kappa shape index (κ1) is 17.4. The van der Waals surface area contributed by atoms with Crippen LogP contribution in [0.15, 0.2) is 12.2 Å². The average molecular weight is 273 g/mol. The third-order valence-electron chi connectivity index (χ3n) is 2.00. The number of rotatable bonds is 6. The van der Waals surface area contributed by atoms with E-state index in [2.05, 4.69) is 10.1 Å². The summed E-state index contributed by atoms with van der Waals surface area (Å²) >= 11 is 0. The van der Waals surface area contributed by atoms with E-state index >= 15 is 0 Å². The normalized spacial score (nSPS) is 13.1. The van der Waals surface area contributed by atoms with Gasteiger partial charge in [-0.05, 0) is 39.7 Å². The van der Waals surface area contributed by atoms with Gasteiger partial charge in [0.1, 0.15) is 5.60 Å². The molecule has 0 saturated carbocycles. The first-order valence-electron chi connectivity index (χ1n) is 6.15. The molecule has 0 saturated heterocycles. The quantitative estimate of drug-likeness (QED) is 0.434. The van der Waals surface area contributed by atoms with Crippen LogP contribution in [0.1, 0.15) is 33.6 Å². The van der Waals surface area contributed by atoms with Crippen LogP contribution in [0.4, 0.5) is 4.79 Å². The molecule has 0 aliphatic carbocycles. The molecule has 0 radical (unpaired) electrons. The maximum absolute atomic E-state index is 11.3. The third-order valence-corrected chi connectivity index (χ3v) is 2.00. The Hall–Kier alpha value is -1.56. The van der Waals surface area contributed by atoms with Gasteiger partial charge < -0.3 is 19.9 Å². The molecule has 19 heavy (non-hydrogen) atoms. The van der Waals surface area contributed by atoms with Crippen molar-refractivity contribution < 1.29 is 24.2 Å². The molecule has 0 bridgehead atoms. The largest absolute Gasteiger partial charge is 0.466 e. The van der Waals surface area contributed by atoms with E-state index in [0.29, 0.717) is 19.4 Å². The summed E-state index contributed by atoms with van der Waals surface area (Å²) in [5, 5.41) is 12.1. The molecular weight excluding hydrogens is 250 g/mol. The average Bonchev–Trinajstić information content (AvgIpc) is 2.29. The maximum Gasteiger partial charge on any atom is 0.407 e. The van der Waals surface area contributed by atoms with Crippen molar-refractivity contribution in [1.82, 2.24) is 5.32 Å². The van der Waals surface area contributed by atoms with Gasteiger partial charge in [-0.25, -0.2) is 9.59 Å². The van der Waals surface area contributed by atoms with Crippen LogP contribution in [-0.2, 0) is 14.3 Å². The number of carbonyl (C=O) groups is 2. The van der Waals surface area contributed by atoms with Crippen LogP contribution in [0.2, 0.25) is 0 Å². The highest BCUT2D eigenvalue weighted by atomic mass is 16.6. The van der Waals surface area contributed by atoms with Gasteiger partial charge in [-0.1, -0.05) is 0 Å². The molecule has 0 aliphatic heterocycles. The van der Waals surface area contributed by atoms with Crippen molar-refractivity contribution in [3.05, 3.63) is 12.2 Å². The molecular formula is C13H23NO5. The summed E-state index contributed by atoms with van der Waals surface area (Å²) in [5.74, 6) is -0.508. The van der Waals surface area contributed by atoms with Gasteiger partial charge in [-0.15, -0.1) is 0 Å². The van der Waals surface area contributed by atoms with Crippen molar-refractivity contribution in [3.8, 4) is 0 Å². The van der Waals surface area contributed by atoms with E-state index < -0.39 is 23.8 Å². The summed E-state index contributed by atoms with van der Waals surface area (Å²) < 4.78 is 9.44. The van der Waals surface area contributed by atoms with Crippen LogP contribution in [0, 0.1) is 0 Å². The molecule has 1 atom stereocenters. The number of ether oxygens (including phenoxy) is 2. The molecule has 0 aliphatic rings. The summed E-state index contributed by atoms with van der Waals surface area (Å²) in [6, 6.07) is 0. The molecule has 0 fully saturated rings. The predicted octanol–water partition coefficient (Wildman–Crippen LogP) is 1.38. The van der Waals surface area contributed by atoms with Crippen molar-refractivity contribution in [2.24, 2.45) is 0 Å². The van der Waals surface area contributed by atoms with Crippen LogP contribution >= 0.6 is 0 Å². The molecule has 110 valence electrons. The Balaban J connectivity index is 3.72. The standard InChI is InChI=1S/C13H23NO5/c1-13(2,3)19-12(17)14-9-5-6-10(15)7-8-11(16)18-4/h7-8,10,15H,5-6,9H2,1-4H3,(H,14,17)/b8-7+/t10-/m0/s1. The first-order chi connectivity index (χ1) is 8.74. The predicted molar refractivity (Wildman–Crippen MR) is 70.6 cm³/mol. The number of aliphatic hydroxyl groups is 1. The fourth-order valence-corrected chi connectivity index (χ4v) is 1.17. The van der Waals surface area contributed by atoms with E-state index in [4.69, 9.17) is 4.74 Å². The molecule has 6 nitrogen and oxygen atoms in total. The minimum atomic E-state index is -0.737. The lowest BCUT2D eigenvalue weighted by Crippen LogP contribution is -2.33. The summed E-state index contributed by atoms with van der Waals surface area (Å²) in [6.07, 6.45) is 2.33. The van der Waals surface area contributed by atoms with Crippen molar-refractivity contribution in [3.63, 3.8) is 0 Å². The number of aliphatic hydroxyl groups excluding tert-OH is 1. The van der Waals surface area contributed by atoms with Gasteiger partial charge in [0.2, 0.25) is 0 Å². The number of hydrogen-bond donors (Lipinski definition) is 2. The molecule has 0 aromatic rings. The topological polar surface area (TPSA) is 84.9 Å². The SMILES string of the molecule is COC(=O)/C=C/[C@@H](O)CCCNC(=O)OC(C)(C)C. The second-order valence-electron chi connectivity index (χ2n) is 5.02. The number of esters is 1. The summed E-state index contributed by atoms with van der Waals surface area (Å²) in [7, 11) is 1.27. The zero-order valence-corrected chi connectivity index (χ0v) is 11.9.